The van der Waals surface area contributed by atoms with Crippen molar-refractivity contribution >= 4 is 21.8 Å². The van der Waals surface area contributed by atoms with E-state index >= 15 is 0 Å². The summed E-state index contributed by atoms with van der Waals surface area (Å²) in [5.41, 5.74) is 2.45. The van der Waals surface area contributed by atoms with Crippen LogP contribution in [0.15, 0.2) is 53.4 Å². The molecular formula is C21H25NO5S. The van der Waals surface area contributed by atoms with Crippen molar-refractivity contribution in [2.75, 3.05) is 13.6 Å². The van der Waals surface area contributed by atoms with E-state index in [0.29, 0.717) is 11.5 Å². The van der Waals surface area contributed by atoms with Gasteiger partial charge in [0.15, 0.2) is 5.78 Å². The number of hydrogen-bond donors (Lipinski definition) is 0. The van der Waals surface area contributed by atoms with E-state index in [9.17, 15) is 18.0 Å². The fourth-order valence-corrected chi connectivity index (χ4v) is 3.63. The number of likely N-dealkylation sites (N-methyl/N-ethyl adjacent to an activating group) is 1. The van der Waals surface area contributed by atoms with Crippen molar-refractivity contribution in [2.24, 2.45) is 0 Å². The Morgan fingerprint density at radius 1 is 1.00 bits per heavy atom. The number of sulfonamides is 1. The predicted octanol–water partition coefficient (Wildman–Crippen LogP) is 3.38. The molecule has 0 spiro atoms. The molecule has 0 heterocycles. The van der Waals surface area contributed by atoms with Gasteiger partial charge in [-0.15, -0.1) is 0 Å². The maximum absolute atomic E-state index is 12.6. The molecule has 6 nitrogen and oxygen atoms in total. The third-order valence-electron chi connectivity index (χ3n) is 4.37. The Bertz CT molecular complexity index is 932. The second-order valence-electron chi connectivity index (χ2n) is 6.90. The minimum atomic E-state index is -3.85. The van der Waals surface area contributed by atoms with E-state index in [2.05, 4.69) is 13.8 Å². The molecule has 2 aromatic rings. The Morgan fingerprint density at radius 2 is 1.57 bits per heavy atom. The van der Waals surface area contributed by atoms with Crippen LogP contribution in [0.5, 0.6) is 0 Å². The van der Waals surface area contributed by atoms with Gasteiger partial charge in [0.05, 0.1) is 4.90 Å². The molecule has 0 aliphatic rings. The molecule has 0 bridgehead atoms. The van der Waals surface area contributed by atoms with E-state index in [4.69, 9.17) is 4.74 Å². The Hall–Kier alpha value is -2.51. The summed E-state index contributed by atoms with van der Waals surface area (Å²) in [5.74, 6) is -0.373. The quantitative estimate of drug-likeness (QED) is 0.499. The first-order valence-corrected chi connectivity index (χ1v) is 10.4. The lowest BCUT2D eigenvalue weighted by Gasteiger charge is -2.16. The van der Waals surface area contributed by atoms with Crippen LogP contribution in [-0.4, -0.2) is 38.1 Å². The summed E-state index contributed by atoms with van der Waals surface area (Å²) in [6, 6.07) is 13.3. The van der Waals surface area contributed by atoms with Gasteiger partial charge in [-0.2, -0.15) is 4.31 Å². The largest absolute Gasteiger partial charge is 0.460 e. The van der Waals surface area contributed by atoms with Crippen molar-refractivity contribution < 1.29 is 22.7 Å². The number of hydrogen-bond acceptors (Lipinski definition) is 5. The molecule has 0 aliphatic carbocycles. The molecular weight excluding hydrogens is 378 g/mol. The highest BCUT2D eigenvalue weighted by Gasteiger charge is 2.23. The minimum absolute atomic E-state index is 0.0112. The smallest absolute Gasteiger partial charge is 0.321 e. The maximum Gasteiger partial charge on any atom is 0.321 e. The van der Waals surface area contributed by atoms with E-state index < -0.39 is 22.5 Å². The number of Topliss-reactive ketones (excluding diaryl/α,β-unsaturated/α-hetero) is 1. The van der Waals surface area contributed by atoms with Gasteiger partial charge in [0.25, 0.3) is 0 Å². The number of nitrogens with zero attached hydrogens (tertiary/aromatic N) is 1. The molecule has 0 aliphatic heterocycles. The van der Waals surface area contributed by atoms with Crippen LogP contribution in [0.3, 0.4) is 0 Å². The second kappa shape index (κ2) is 9.12. The third kappa shape index (κ3) is 5.50. The Labute approximate surface area is 166 Å². The zero-order chi connectivity index (χ0) is 20.9. The molecule has 0 atom stereocenters. The second-order valence-corrected chi connectivity index (χ2v) is 8.94. The van der Waals surface area contributed by atoms with Gasteiger partial charge in [-0.1, -0.05) is 50.2 Å². The van der Waals surface area contributed by atoms with Crippen molar-refractivity contribution in [1.29, 1.82) is 0 Å². The summed E-state index contributed by atoms with van der Waals surface area (Å²) in [7, 11) is -2.54. The van der Waals surface area contributed by atoms with Crippen LogP contribution in [0.25, 0.3) is 0 Å². The van der Waals surface area contributed by atoms with E-state index in [1.54, 1.807) is 0 Å². The summed E-state index contributed by atoms with van der Waals surface area (Å²) >= 11 is 0. The molecule has 0 saturated heterocycles. The van der Waals surface area contributed by atoms with Crippen LogP contribution >= 0.6 is 0 Å². The summed E-state index contributed by atoms with van der Waals surface area (Å²) in [4.78, 5) is 23.4. The first kappa shape index (κ1) is 21.8. The number of esters is 1. The van der Waals surface area contributed by atoms with Gasteiger partial charge >= 0.3 is 5.97 Å². The number of carbonyl (C=O) groups excluding carboxylic acids is 2. The van der Waals surface area contributed by atoms with Gasteiger partial charge < -0.3 is 4.74 Å². The Morgan fingerprint density at radius 3 is 2.07 bits per heavy atom. The molecule has 28 heavy (non-hydrogen) atoms. The first-order chi connectivity index (χ1) is 13.1. The van der Waals surface area contributed by atoms with Crippen molar-refractivity contribution in [3.05, 3.63) is 65.2 Å². The highest BCUT2D eigenvalue weighted by molar-refractivity contribution is 7.89. The molecule has 2 aromatic carbocycles. The molecule has 0 radical (unpaired) electrons. The number of benzene rings is 2. The monoisotopic (exact) mass is 403 g/mol. The molecule has 0 N–H and O–H groups in total. The molecule has 0 aromatic heterocycles. The first-order valence-electron chi connectivity index (χ1n) is 8.93. The number of ether oxygens (including phenoxy) is 1. The topological polar surface area (TPSA) is 80.8 Å². The van der Waals surface area contributed by atoms with E-state index in [-0.39, 0.29) is 17.3 Å². The van der Waals surface area contributed by atoms with Crippen molar-refractivity contribution in [1.82, 2.24) is 4.31 Å². The average Bonchev–Trinajstić information content (AvgIpc) is 2.66. The van der Waals surface area contributed by atoms with Gasteiger partial charge in [-0.3, -0.25) is 9.59 Å². The van der Waals surface area contributed by atoms with Gasteiger partial charge in [-0.05, 0) is 36.1 Å². The van der Waals surface area contributed by atoms with Crippen LogP contribution in [0.2, 0.25) is 0 Å². The lowest BCUT2D eigenvalue weighted by atomic mass is 10.0. The van der Waals surface area contributed by atoms with Crippen LogP contribution in [-0.2, 0) is 26.2 Å². The van der Waals surface area contributed by atoms with Gasteiger partial charge in [0.2, 0.25) is 10.0 Å². The highest BCUT2D eigenvalue weighted by Crippen LogP contribution is 2.17. The zero-order valence-electron chi connectivity index (χ0n) is 16.5. The fraction of sp³-hybridized carbons (Fsp3) is 0.333. The Balaban J connectivity index is 1.95. The summed E-state index contributed by atoms with van der Waals surface area (Å²) in [5, 5.41) is 0. The number of rotatable bonds is 8. The van der Waals surface area contributed by atoms with Crippen LogP contribution in [0, 0.1) is 0 Å². The van der Waals surface area contributed by atoms with Gasteiger partial charge in [0.1, 0.15) is 13.2 Å². The molecule has 0 saturated carbocycles. The Kier molecular flexibility index (Phi) is 7.10. The van der Waals surface area contributed by atoms with Crippen LogP contribution in [0.1, 0.15) is 48.2 Å². The molecule has 150 valence electrons. The van der Waals surface area contributed by atoms with E-state index in [1.807, 2.05) is 24.3 Å². The molecule has 0 unspecified atom stereocenters. The van der Waals surface area contributed by atoms with E-state index in [0.717, 1.165) is 9.87 Å². The van der Waals surface area contributed by atoms with Crippen molar-refractivity contribution in [3.8, 4) is 0 Å². The number of ketones is 1. The third-order valence-corrected chi connectivity index (χ3v) is 6.18. The van der Waals surface area contributed by atoms with Crippen molar-refractivity contribution in [3.63, 3.8) is 0 Å². The molecule has 0 fully saturated rings. The molecule has 2 rings (SSSR count). The summed E-state index contributed by atoms with van der Waals surface area (Å²) in [6.45, 7) is 5.28. The normalized spacial score (nSPS) is 11.6. The van der Waals surface area contributed by atoms with Crippen LogP contribution < -0.4 is 0 Å². The number of carbonyl (C=O) groups is 2. The summed E-state index contributed by atoms with van der Waals surface area (Å²) in [6.07, 6.45) is 0. The van der Waals surface area contributed by atoms with E-state index in [1.165, 1.54) is 43.8 Å². The van der Waals surface area contributed by atoms with Crippen molar-refractivity contribution in [2.45, 2.75) is 38.2 Å². The van der Waals surface area contributed by atoms with Gasteiger partial charge in [0, 0.05) is 12.6 Å². The minimum Gasteiger partial charge on any atom is -0.460 e. The van der Waals surface area contributed by atoms with Gasteiger partial charge in [-0.25, -0.2) is 8.42 Å². The fourth-order valence-electron chi connectivity index (χ4n) is 2.52. The lowest BCUT2D eigenvalue weighted by Crippen LogP contribution is -2.33. The average molecular weight is 404 g/mol. The zero-order valence-corrected chi connectivity index (χ0v) is 17.3. The van der Waals surface area contributed by atoms with Crippen LogP contribution in [0.4, 0.5) is 0 Å². The maximum atomic E-state index is 12.6. The standard InChI is InChI=1S/C21H25NO5S/c1-15(2)18-7-5-17(6-8-18)14-27-21(24)13-22(4)28(25,26)20-11-9-19(10-12-20)16(3)23/h5-12,15H,13-14H2,1-4H3. The lowest BCUT2D eigenvalue weighted by molar-refractivity contribution is -0.144. The molecule has 0 amide bonds. The highest BCUT2D eigenvalue weighted by atomic mass is 32.2. The summed E-state index contributed by atoms with van der Waals surface area (Å²) < 4.78 is 31.2. The SMILES string of the molecule is CC(=O)c1ccc(S(=O)(=O)N(C)CC(=O)OCc2ccc(C(C)C)cc2)cc1. The molecule has 7 heteroatoms. The predicted molar refractivity (Wildman–Crippen MR) is 107 cm³/mol.